The summed E-state index contributed by atoms with van der Waals surface area (Å²) in [7, 11) is 0. The first-order valence-electron chi connectivity index (χ1n) is 4.25. The molecule has 0 radical (unpaired) electrons. The number of fused-ring (bicyclic) bond motifs is 1. The van der Waals surface area contributed by atoms with Gasteiger partial charge in [-0.1, -0.05) is 0 Å². The molecule has 0 aromatic heterocycles. The van der Waals surface area contributed by atoms with Crippen molar-refractivity contribution in [3.05, 3.63) is 12.2 Å². The Morgan fingerprint density at radius 3 is 2.77 bits per heavy atom. The maximum absolute atomic E-state index is 11.3. The van der Waals surface area contributed by atoms with Gasteiger partial charge in [0.2, 0.25) is 0 Å². The van der Waals surface area contributed by atoms with Crippen LogP contribution >= 0.6 is 0 Å². The normalized spacial score (nSPS) is 42.1. The van der Waals surface area contributed by atoms with Crippen LogP contribution in [0.4, 0.5) is 0 Å². The van der Waals surface area contributed by atoms with Crippen LogP contribution in [0.2, 0.25) is 0 Å². The number of carbonyl (C=O) groups is 1. The summed E-state index contributed by atoms with van der Waals surface area (Å²) in [5.74, 6) is -0.918. The van der Waals surface area contributed by atoms with Crippen LogP contribution in [0.1, 0.15) is 13.8 Å². The van der Waals surface area contributed by atoms with E-state index in [9.17, 15) is 9.90 Å². The first kappa shape index (κ1) is 8.87. The Morgan fingerprint density at radius 1 is 1.46 bits per heavy atom. The van der Waals surface area contributed by atoms with E-state index >= 15 is 0 Å². The molecule has 2 rings (SSSR count). The van der Waals surface area contributed by atoms with Crippen LogP contribution in [-0.2, 0) is 14.3 Å². The van der Waals surface area contributed by atoms with Crippen molar-refractivity contribution < 1.29 is 19.4 Å². The zero-order valence-corrected chi connectivity index (χ0v) is 7.56. The van der Waals surface area contributed by atoms with Gasteiger partial charge in [-0.3, -0.25) is 4.79 Å². The van der Waals surface area contributed by atoms with Crippen LogP contribution < -0.4 is 0 Å². The highest BCUT2D eigenvalue weighted by atomic mass is 16.8. The second-order valence-electron chi connectivity index (χ2n) is 3.77. The van der Waals surface area contributed by atoms with Crippen molar-refractivity contribution in [1.29, 1.82) is 0 Å². The summed E-state index contributed by atoms with van der Waals surface area (Å²) in [6.45, 7) is 3.46. The number of ketones is 1. The van der Waals surface area contributed by atoms with Crippen molar-refractivity contribution >= 4 is 5.78 Å². The Kier molecular flexibility index (Phi) is 1.80. The molecule has 1 heterocycles. The van der Waals surface area contributed by atoms with Crippen molar-refractivity contribution in [3.63, 3.8) is 0 Å². The Morgan fingerprint density at radius 2 is 2.15 bits per heavy atom. The first-order chi connectivity index (χ1) is 5.99. The number of hydrogen-bond acceptors (Lipinski definition) is 4. The van der Waals surface area contributed by atoms with E-state index in [0.29, 0.717) is 0 Å². The van der Waals surface area contributed by atoms with E-state index in [-0.39, 0.29) is 5.78 Å². The standard InChI is InChI=1S/C9H12O4/c1-9(2)12-7-5(10)3-4-6(11)8(7)13-9/h3-5,7-8,10H,1-2H3/t5-,7+,8-/m1/s1. The van der Waals surface area contributed by atoms with Gasteiger partial charge in [0.05, 0.1) is 0 Å². The molecule has 13 heavy (non-hydrogen) atoms. The predicted octanol–water partition coefficient (Wildman–Crippen LogP) is 0.00630. The van der Waals surface area contributed by atoms with Crippen LogP contribution in [0.25, 0.3) is 0 Å². The van der Waals surface area contributed by atoms with E-state index in [1.54, 1.807) is 13.8 Å². The molecule has 4 nitrogen and oxygen atoms in total. The van der Waals surface area contributed by atoms with Crippen molar-refractivity contribution in [2.45, 2.75) is 37.9 Å². The summed E-state index contributed by atoms with van der Waals surface area (Å²) in [4.78, 5) is 11.3. The third-order valence-electron chi connectivity index (χ3n) is 2.20. The van der Waals surface area contributed by atoms with Crippen molar-refractivity contribution in [3.8, 4) is 0 Å². The average molecular weight is 184 g/mol. The SMILES string of the molecule is CC1(C)O[C@H]2[C@H](O)C=CC(=O)[C@H]2O1. The molecule has 3 atom stereocenters. The lowest BCUT2D eigenvalue weighted by atomic mass is 9.98. The molecule has 1 aliphatic heterocycles. The molecule has 1 aliphatic carbocycles. The Balaban J connectivity index is 2.26. The third kappa shape index (κ3) is 1.41. The highest BCUT2D eigenvalue weighted by Crippen LogP contribution is 2.32. The van der Waals surface area contributed by atoms with E-state index < -0.39 is 24.1 Å². The smallest absolute Gasteiger partial charge is 0.187 e. The summed E-state index contributed by atoms with van der Waals surface area (Å²) in [5.41, 5.74) is 0. The highest BCUT2D eigenvalue weighted by molar-refractivity contribution is 5.95. The molecular weight excluding hydrogens is 172 g/mol. The summed E-state index contributed by atoms with van der Waals surface area (Å²) in [6, 6.07) is 0. The average Bonchev–Trinajstić information content (AvgIpc) is 2.35. The molecule has 0 bridgehead atoms. The van der Waals surface area contributed by atoms with Crippen molar-refractivity contribution in [1.82, 2.24) is 0 Å². The minimum atomic E-state index is -0.780. The van der Waals surface area contributed by atoms with Crippen LogP contribution in [0.5, 0.6) is 0 Å². The molecule has 4 heteroatoms. The summed E-state index contributed by atoms with van der Waals surface area (Å²) < 4.78 is 10.7. The van der Waals surface area contributed by atoms with Gasteiger partial charge in [0, 0.05) is 0 Å². The zero-order valence-electron chi connectivity index (χ0n) is 7.56. The van der Waals surface area contributed by atoms with Gasteiger partial charge in [0.1, 0.15) is 12.2 Å². The van der Waals surface area contributed by atoms with Gasteiger partial charge in [-0.2, -0.15) is 0 Å². The predicted molar refractivity (Wildman–Crippen MR) is 44.0 cm³/mol. The first-order valence-corrected chi connectivity index (χ1v) is 4.25. The molecule has 1 saturated heterocycles. The summed E-state index contributed by atoms with van der Waals surface area (Å²) in [6.07, 6.45) is 0.845. The fraction of sp³-hybridized carbons (Fsp3) is 0.667. The molecule has 72 valence electrons. The summed E-state index contributed by atoms with van der Waals surface area (Å²) in [5, 5.41) is 9.49. The molecule has 1 N–H and O–H groups in total. The third-order valence-corrected chi connectivity index (χ3v) is 2.20. The molecule has 1 fully saturated rings. The van der Waals surface area contributed by atoms with Gasteiger partial charge in [-0.25, -0.2) is 0 Å². The Labute approximate surface area is 76.1 Å². The molecule has 0 amide bonds. The van der Waals surface area contributed by atoms with E-state index in [2.05, 4.69) is 0 Å². The fourth-order valence-electron chi connectivity index (χ4n) is 1.66. The molecule has 0 aromatic rings. The van der Waals surface area contributed by atoms with Gasteiger partial charge in [-0.15, -0.1) is 0 Å². The minimum Gasteiger partial charge on any atom is -0.386 e. The highest BCUT2D eigenvalue weighted by Gasteiger charge is 2.48. The van der Waals surface area contributed by atoms with Gasteiger partial charge in [0.15, 0.2) is 17.7 Å². The molecule has 0 aromatic carbocycles. The van der Waals surface area contributed by atoms with Gasteiger partial charge in [-0.05, 0) is 26.0 Å². The lowest BCUT2D eigenvalue weighted by Crippen LogP contribution is -2.41. The largest absolute Gasteiger partial charge is 0.386 e. The quantitative estimate of drug-likeness (QED) is 0.576. The second-order valence-corrected chi connectivity index (χ2v) is 3.77. The molecule has 0 saturated carbocycles. The van der Waals surface area contributed by atoms with Crippen molar-refractivity contribution in [2.24, 2.45) is 0 Å². The van der Waals surface area contributed by atoms with E-state index in [1.807, 2.05) is 0 Å². The van der Waals surface area contributed by atoms with E-state index in [1.165, 1.54) is 12.2 Å². The van der Waals surface area contributed by atoms with Crippen LogP contribution in [0, 0.1) is 0 Å². The van der Waals surface area contributed by atoms with E-state index in [0.717, 1.165) is 0 Å². The maximum Gasteiger partial charge on any atom is 0.187 e. The molecule has 0 spiro atoms. The Hall–Kier alpha value is -0.710. The van der Waals surface area contributed by atoms with Crippen LogP contribution in [-0.4, -0.2) is 35.0 Å². The van der Waals surface area contributed by atoms with Gasteiger partial charge in [0.25, 0.3) is 0 Å². The monoisotopic (exact) mass is 184 g/mol. The number of ether oxygens (including phenoxy) is 2. The van der Waals surface area contributed by atoms with Crippen LogP contribution in [0.3, 0.4) is 0 Å². The molecule has 2 aliphatic rings. The Bertz CT molecular complexity index is 269. The van der Waals surface area contributed by atoms with E-state index in [4.69, 9.17) is 9.47 Å². The fourth-order valence-corrected chi connectivity index (χ4v) is 1.66. The summed E-state index contributed by atoms with van der Waals surface area (Å²) >= 11 is 0. The number of hydrogen-bond donors (Lipinski definition) is 1. The lowest BCUT2D eigenvalue weighted by Gasteiger charge is -2.21. The van der Waals surface area contributed by atoms with Gasteiger partial charge >= 0.3 is 0 Å². The minimum absolute atomic E-state index is 0.138. The number of aliphatic hydroxyl groups excluding tert-OH is 1. The second kappa shape index (κ2) is 2.64. The molecule has 0 unspecified atom stereocenters. The van der Waals surface area contributed by atoms with Gasteiger partial charge < -0.3 is 14.6 Å². The zero-order chi connectivity index (χ0) is 9.64. The lowest BCUT2D eigenvalue weighted by molar-refractivity contribution is -0.155. The van der Waals surface area contributed by atoms with Crippen molar-refractivity contribution in [2.75, 3.05) is 0 Å². The maximum atomic E-state index is 11.3. The number of rotatable bonds is 0. The molecular formula is C9H12O4. The topological polar surface area (TPSA) is 55.8 Å². The number of carbonyl (C=O) groups excluding carboxylic acids is 1. The number of aliphatic hydroxyl groups is 1. The van der Waals surface area contributed by atoms with Crippen LogP contribution in [0.15, 0.2) is 12.2 Å².